The van der Waals surface area contributed by atoms with Gasteiger partial charge in [-0.05, 0) is 66.9 Å². The zero-order valence-corrected chi connectivity index (χ0v) is 18.7. The highest BCUT2D eigenvalue weighted by Crippen LogP contribution is 2.31. The number of anilines is 2. The number of methoxy groups -OCH3 is 2. The molecular weight excluding hydrogens is 427 g/mol. The smallest absolute Gasteiger partial charge is 0.243 e. The van der Waals surface area contributed by atoms with Gasteiger partial charge in [0.2, 0.25) is 11.8 Å². The van der Waals surface area contributed by atoms with Crippen molar-refractivity contribution >= 4 is 34.2 Å². The zero-order chi connectivity index (χ0) is 22.5. The fourth-order valence-electron chi connectivity index (χ4n) is 3.22. The highest BCUT2D eigenvalue weighted by Gasteiger charge is 2.12. The summed E-state index contributed by atoms with van der Waals surface area (Å²) in [5.74, 6) is 0.387. The van der Waals surface area contributed by atoms with Gasteiger partial charge in [0.15, 0.2) is 0 Å². The van der Waals surface area contributed by atoms with Gasteiger partial charge in [-0.2, -0.15) is 9.37 Å². The molecule has 0 amide bonds. The molecule has 2 aromatic heterocycles. The van der Waals surface area contributed by atoms with Gasteiger partial charge in [-0.25, -0.2) is 0 Å². The van der Waals surface area contributed by atoms with E-state index in [1.165, 1.54) is 18.7 Å². The van der Waals surface area contributed by atoms with Crippen molar-refractivity contribution in [2.24, 2.45) is 0 Å². The van der Waals surface area contributed by atoms with E-state index in [9.17, 15) is 4.39 Å². The van der Waals surface area contributed by atoms with Crippen LogP contribution in [0.4, 0.5) is 15.8 Å². The fourth-order valence-corrected chi connectivity index (χ4v) is 3.94. The molecule has 1 atom stereocenters. The van der Waals surface area contributed by atoms with Crippen molar-refractivity contribution in [3.05, 3.63) is 78.4 Å². The number of rotatable bonds is 8. The Morgan fingerprint density at radius 2 is 1.72 bits per heavy atom. The van der Waals surface area contributed by atoms with Crippen LogP contribution in [-0.2, 0) is 0 Å². The summed E-state index contributed by atoms with van der Waals surface area (Å²) < 4.78 is 27.7. The molecule has 6 nitrogen and oxygen atoms in total. The number of benzene rings is 2. The standard InChI is InChI=1S/C24H23FN4O2S/c1-15(16-4-8-18(30-2)9-5-16)29-32-19-10-6-17(7-11-19)27-21-12-13-26-23-20(21)14-22(25)28-24(23)31-3/h4-15,29H,1-3H3,(H,26,27). The molecule has 4 rings (SSSR count). The van der Waals surface area contributed by atoms with Gasteiger partial charge in [0.25, 0.3) is 0 Å². The van der Waals surface area contributed by atoms with Gasteiger partial charge in [-0.3, -0.25) is 9.71 Å². The SMILES string of the molecule is COc1ccc(C(C)NSc2ccc(Nc3ccnc4c(OC)nc(F)cc34)cc2)cc1. The third-order valence-corrected chi connectivity index (χ3v) is 5.94. The number of fused-ring (bicyclic) bond motifs is 1. The van der Waals surface area contributed by atoms with Crippen LogP contribution in [0.25, 0.3) is 10.9 Å². The lowest BCUT2D eigenvalue weighted by Gasteiger charge is -2.14. The Morgan fingerprint density at radius 1 is 0.969 bits per heavy atom. The molecule has 8 heteroatoms. The van der Waals surface area contributed by atoms with Crippen molar-refractivity contribution in [3.63, 3.8) is 0 Å². The Kier molecular flexibility index (Phi) is 6.72. The van der Waals surface area contributed by atoms with Crippen molar-refractivity contribution in [2.45, 2.75) is 17.9 Å². The topological polar surface area (TPSA) is 68.3 Å². The third-order valence-electron chi connectivity index (χ3n) is 4.96. The minimum absolute atomic E-state index is 0.160. The predicted octanol–water partition coefficient (Wildman–Crippen LogP) is 5.89. The van der Waals surface area contributed by atoms with Crippen molar-refractivity contribution in [1.29, 1.82) is 0 Å². The summed E-state index contributed by atoms with van der Waals surface area (Å²) in [6.07, 6.45) is 1.64. The average Bonchev–Trinajstić information content (AvgIpc) is 2.83. The van der Waals surface area contributed by atoms with Crippen molar-refractivity contribution in [3.8, 4) is 11.6 Å². The molecule has 32 heavy (non-hydrogen) atoms. The van der Waals surface area contributed by atoms with Crippen LogP contribution in [0.1, 0.15) is 18.5 Å². The molecule has 0 aliphatic heterocycles. The molecule has 2 N–H and O–H groups in total. The van der Waals surface area contributed by atoms with Crippen molar-refractivity contribution in [1.82, 2.24) is 14.7 Å². The number of hydrogen-bond donors (Lipinski definition) is 2. The lowest BCUT2D eigenvalue weighted by Crippen LogP contribution is -2.10. The van der Waals surface area contributed by atoms with Gasteiger partial charge in [0.05, 0.1) is 14.2 Å². The Labute approximate surface area is 190 Å². The maximum atomic E-state index is 13.9. The summed E-state index contributed by atoms with van der Waals surface area (Å²) in [5, 5.41) is 3.92. The van der Waals surface area contributed by atoms with Crippen molar-refractivity contribution < 1.29 is 13.9 Å². The van der Waals surface area contributed by atoms with E-state index in [2.05, 4.69) is 39.1 Å². The van der Waals surface area contributed by atoms with Gasteiger partial charge in [-0.1, -0.05) is 12.1 Å². The lowest BCUT2D eigenvalue weighted by molar-refractivity contribution is 0.392. The normalized spacial score (nSPS) is 11.9. The molecule has 4 aromatic rings. The molecule has 0 saturated carbocycles. The van der Waals surface area contributed by atoms with E-state index in [1.807, 2.05) is 36.4 Å². The summed E-state index contributed by atoms with van der Waals surface area (Å²) in [7, 11) is 3.11. The minimum Gasteiger partial charge on any atom is -0.497 e. The van der Waals surface area contributed by atoms with Crippen LogP contribution in [0.15, 0.2) is 71.8 Å². The molecule has 2 heterocycles. The van der Waals surface area contributed by atoms with Crippen molar-refractivity contribution in [2.75, 3.05) is 19.5 Å². The number of aromatic nitrogens is 2. The monoisotopic (exact) mass is 450 g/mol. The second-order valence-electron chi connectivity index (χ2n) is 7.07. The Bertz CT molecular complexity index is 1200. The van der Waals surface area contributed by atoms with Crippen LogP contribution in [0.5, 0.6) is 11.6 Å². The highest BCUT2D eigenvalue weighted by molar-refractivity contribution is 7.97. The first-order chi connectivity index (χ1) is 15.6. The third kappa shape index (κ3) is 4.92. The first kappa shape index (κ1) is 21.9. The van der Waals surface area contributed by atoms with Crippen LogP contribution in [-0.4, -0.2) is 24.2 Å². The number of nitrogens with zero attached hydrogens (tertiary/aromatic N) is 2. The van der Waals surface area contributed by atoms with E-state index in [0.29, 0.717) is 10.9 Å². The van der Waals surface area contributed by atoms with Gasteiger partial charge >= 0.3 is 0 Å². The minimum atomic E-state index is -0.616. The highest BCUT2D eigenvalue weighted by atomic mass is 32.2. The predicted molar refractivity (Wildman–Crippen MR) is 126 cm³/mol. The van der Waals surface area contributed by atoms with E-state index >= 15 is 0 Å². The van der Waals surface area contributed by atoms with Gasteiger partial charge in [0.1, 0.15) is 11.3 Å². The number of nitrogens with one attached hydrogen (secondary N) is 2. The van der Waals surface area contributed by atoms with Crippen LogP contribution in [0.3, 0.4) is 0 Å². The molecule has 0 saturated heterocycles. The van der Waals surface area contributed by atoms with Crippen LogP contribution >= 0.6 is 11.9 Å². The maximum absolute atomic E-state index is 13.9. The molecule has 0 bridgehead atoms. The number of halogens is 1. The quantitative estimate of drug-likeness (QED) is 0.256. The Morgan fingerprint density at radius 3 is 2.41 bits per heavy atom. The Balaban J connectivity index is 1.43. The average molecular weight is 451 g/mol. The molecule has 2 aromatic carbocycles. The summed E-state index contributed by atoms with van der Waals surface area (Å²) in [6, 6.07) is 19.3. The molecule has 0 fully saturated rings. The number of pyridine rings is 2. The molecule has 164 valence electrons. The molecule has 0 radical (unpaired) electrons. The largest absolute Gasteiger partial charge is 0.497 e. The summed E-state index contributed by atoms with van der Waals surface area (Å²) in [4.78, 5) is 9.10. The van der Waals surface area contributed by atoms with Gasteiger partial charge < -0.3 is 14.8 Å². The Hall–Kier alpha value is -3.36. The molecular formula is C24H23FN4O2S. The first-order valence-corrected chi connectivity index (χ1v) is 10.8. The van der Waals surface area contributed by atoms with E-state index in [0.717, 1.165) is 22.0 Å². The van der Waals surface area contributed by atoms with Gasteiger partial charge in [0, 0.05) is 40.0 Å². The molecule has 1 unspecified atom stereocenters. The summed E-state index contributed by atoms with van der Waals surface area (Å²) in [6.45, 7) is 2.11. The van der Waals surface area contributed by atoms with E-state index in [1.54, 1.807) is 31.3 Å². The van der Waals surface area contributed by atoms with E-state index in [4.69, 9.17) is 9.47 Å². The second kappa shape index (κ2) is 9.84. The maximum Gasteiger partial charge on any atom is 0.243 e. The first-order valence-electron chi connectivity index (χ1n) is 10.00. The summed E-state index contributed by atoms with van der Waals surface area (Å²) >= 11 is 1.56. The van der Waals surface area contributed by atoms with Crippen LogP contribution in [0, 0.1) is 5.95 Å². The summed E-state index contributed by atoms with van der Waals surface area (Å²) in [5.41, 5.74) is 3.28. The molecule has 0 aliphatic rings. The number of hydrogen-bond acceptors (Lipinski definition) is 7. The molecule has 0 spiro atoms. The second-order valence-corrected chi connectivity index (χ2v) is 7.98. The number of ether oxygens (including phenoxy) is 2. The van der Waals surface area contributed by atoms with Gasteiger partial charge in [-0.15, -0.1) is 0 Å². The molecule has 0 aliphatic carbocycles. The van der Waals surface area contributed by atoms with Crippen LogP contribution < -0.4 is 19.5 Å². The fraction of sp³-hybridized carbons (Fsp3) is 0.167. The van der Waals surface area contributed by atoms with E-state index < -0.39 is 5.95 Å². The lowest BCUT2D eigenvalue weighted by atomic mass is 10.1. The van der Waals surface area contributed by atoms with Crippen LogP contribution in [0.2, 0.25) is 0 Å². The zero-order valence-electron chi connectivity index (χ0n) is 17.9. The van der Waals surface area contributed by atoms with E-state index in [-0.39, 0.29) is 11.9 Å².